The van der Waals surface area contributed by atoms with Crippen molar-refractivity contribution < 1.29 is 19.4 Å². The fourth-order valence-electron chi connectivity index (χ4n) is 2.76. The number of ether oxygens (including phenoxy) is 1. The number of fused-ring (bicyclic) bond motifs is 1. The Kier molecular flexibility index (Phi) is 4.00. The molecular weight excluding hydrogens is 296 g/mol. The Labute approximate surface area is 133 Å². The highest BCUT2D eigenvalue weighted by Crippen LogP contribution is 2.20. The van der Waals surface area contributed by atoms with Crippen molar-refractivity contribution in [3.63, 3.8) is 0 Å². The Morgan fingerprint density at radius 2 is 2.09 bits per heavy atom. The molecule has 1 aromatic carbocycles. The third kappa shape index (κ3) is 3.03. The van der Waals surface area contributed by atoms with Gasteiger partial charge in [-0.05, 0) is 32.0 Å². The molecule has 23 heavy (non-hydrogen) atoms. The van der Waals surface area contributed by atoms with Crippen LogP contribution in [-0.4, -0.2) is 52.7 Å². The van der Waals surface area contributed by atoms with E-state index in [1.807, 2.05) is 31.2 Å². The molecule has 0 unspecified atom stereocenters. The second-order valence-corrected chi connectivity index (χ2v) is 5.77. The predicted octanol–water partition coefficient (Wildman–Crippen LogP) is 1.78. The maximum absolute atomic E-state index is 12.8. The molecule has 1 amide bonds. The normalized spacial score (nSPS) is 18.2. The van der Waals surface area contributed by atoms with Gasteiger partial charge in [-0.3, -0.25) is 9.78 Å². The summed E-state index contributed by atoms with van der Waals surface area (Å²) in [6.07, 6.45) is -0.969. The van der Waals surface area contributed by atoms with Crippen LogP contribution in [-0.2, 0) is 9.53 Å². The summed E-state index contributed by atoms with van der Waals surface area (Å²) in [5, 5.41) is 9.96. The van der Waals surface area contributed by atoms with Gasteiger partial charge in [-0.15, -0.1) is 0 Å². The van der Waals surface area contributed by atoms with Gasteiger partial charge < -0.3 is 14.7 Å². The highest BCUT2D eigenvalue weighted by Gasteiger charge is 2.30. The van der Waals surface area contributed by atoms with Gasteiger partial charge in [0.25, 0.3) is 5.91 Å². The van der Waals surface area contributed by atoms with Crippen LogP contribution in [0.1, 0.15) is 21.6 Å². The molecule has 1 aliphatic heterocycles. The number of carbonyl (C=O) groups excluding carboxylic acids is 1. The number of carboxylic acid groups (broad SMARTS) is 1. The molecule has 1 fully saturated rings. The number of morpholine rings is 1. The smallest absolute Gasteiger partial charge is 0.334 e. The summed E-state index contributed by atoms with van der Waals surface area (Å²) in [5.74, 6) is -1.25. The number of rotatable bonds is 2. The van der Waals surface area contributed by atoms with Gasteiger partial charge in [-0.2, -0.15) is 0 Å². The van der Waals surface area contributed by atoms with Crippen molar-refractivity contribution in [2.24, 2.45) is 0 Å². The zero-order valence-electron chi connectivity index (χ0n) is 13.1. The lowest BCUT2D eigenvalue weighted by atomic mass is 10.1. The van der Waals surface area contributed by atoms with Gasteiger partial charge in [0.05, 0.1) is 29.9 Å². The summed E-state index contributed by atoms with van der Waals surface area (Å²) in [6.45, 7) is 4.44. The number of carbonyl (C=O) groups is 2. The van der Waals surface area contributed by atoms with Crippen LogP contribution in [0.15, 0.2) is 24.3 Å². The third-order valence-electron chi connectivity index (χ3n) is 4.02. The van der Waals surface area contributed by atoms with E-state index in [1.54, 1.807) is 6.92 Å². The first-order chi connectivity index (χ1) is 11.0. The number of benzene rings is 1. The van der Waals surface area contributed by atoms with Crippen molar-refractivity contribution in [3.8, 4) is 0 Å². The van der Waals surface area contributed by atoms with Crippen molar-refractivity contribution >= 4 is 22.8 Å². The second kappa shape index (κ2) is 5.96. The van der Waals surface area contributed by atoms with E-state index in [-0.39, 0.29) is 19.1 Å². The number of aromatic nitrogens is 1. The Hall–Kier alpha value is -2.47. The number of pyridine rings is 1. The molecule has 1 atom stereocenters. The minimum absolute atomic E-state index is 0.0550. The number of carboxylic acids is 1. The van der Waals surface area contributed by atoms with E-state index in [0.717, 1.165) is 16.5 Å². The molecule has 0 saturated carbocycles. The molecule has 6 nitrogen and oxygen atoms in total. The van der Waals surface area contributed by atoms with Gasteiger partial charge in [-0.1, -0.05) is 11.6 Å². The largest absolute Gasteiger partial charge is 0.479 e. The van der Waals surface area contributed by atoms with Gasteiger partial charge in [0.1, 0.15) is 0 Å². The highest BCUT2D eigenvalue weighted by molar-refractivity contribution is 5.99. The quantitative estimate of drug-likeness (QED) is 0.914. The lowest BCUT2D eigenvalue weighted by Gasteiger charge is -2.31. The monoisotopic (exact) mass is 314 g/mol. The predicted molar refractivity (Wildman–Crippen MR) is 84.5 cm³/mol. The minimum atomic E-state index is -1.05. The third-order valence-corrected chi connectivity index (χ3v) is 4.02. The van der Waals surface area contributed by atoms with Gasteiger partial charge in [-0.25, -0.2) is 4.79 Å². The van der Waals surface area contributed by atoms with Crippen molar-refractivity contribution in [1.29, 1.82) is 0 Å². The van der Waals surface area contributed by atoms with Crippen LogP contribution >= 0.6 is 0 Å². The van der Waals surface area contributed by atoms with E-state index in [2.05, 4.69) is 4.98 Å². The fourth-order valence-corrected chi connectivity index (χ4v) is 2.76. The van der Waals surface area contributed by atoms with E-state index in [9.17, 15) is 9.59 Å². The van der Waals surface area contributed by atoms with Gasteiger partial charge >= 0.3 is 5.97 Å². The first-order valence-corrected chi connectivity index (χ1v) is 7.47. The average Bonchev–Trinajstić information content (AvgIpc) is 2.54. The zero-order chi connectivity index (χ0) is 16.6. The molecule has 0 bridgehead atoms. The van der Waals surface area contributed by atoms with Crippen LogP contribution in [0.2, 0.25) is 0 Å². The molecule has 3 rings (SSSR count). The molecular formula is C17H18N2O4. The number of hydrogen-bond acceptors (Lipinski definition) is 4. The van der Waals surface area contributed by atoms with Crippen LogP contribution in [0.5, 0.6) is 0 Å². The van der Waals surface area contributed by atoms with Crippen LogP contribution in [0, 0.1) is 13.8 Å². The Morgan fingerprint density at radius 1 is 1.30 bits per heavy atom. The summed E-state index contributed by atoms with van der Waals surface area (Å²) in [7, 11) is 0. The van der Waals surface area contributed by atoms with Crippen LogP contribution in [0.25, 0.3) is 10.9 Å². The molecule has 2 heterocycles. The standard InChI is InChI=1S/C17H18N2O4/c1-10-3-4-14-12(7-10)8-13(11(2)18-14)16(20)19-5-6-23-15(9-19)17(21)22/h3-4,7-8,15H,5-6,9H2,1-2H3,(H,21,22)/t15-/m0/s1. The SMILES string of the molecule is Cc1ccc2nc(C)c(C(=O)N3CCO[C@H](C(=O)O)C3)cc2c1. The second-order valence-electron chi connectivity index (χ2n) is 5.77. The molecule has 0 spiro atoms. The lowest BCUT2D eigenvalue weighted by molar-refractivity contribution is -0.154. The number of nitrogens with zero attached hydrogens (tertiary/aromatic N) is 2. The van der Waals surface area contributed by atoms with Crippen LogP contribution in [0.3, 0.4) is 0 Å². The molecule has 1 saturated heterocycles. The van der Waals surface area contributed by atoms with E-state index in [4.69, 9.17) is 9.84 Å². The number of aryl methyl sites for hydroxylation is 2. The first kappa shape index (κ1) is 15.4. The number of amides is 1. The molecule has 2 aromatic rings. The summed E-state index contributed by atoms with van der Waals surface area (Å²) in [5.41, 5.74) is 3.09. The summed E-state index contributed by atoms with van der Waals surface area (Å²) in [4.78, 5) is 29.8. The molecule has 1 aromatic heterocycles. The maximum atomic E-state index is 12.8. The van der Waals surface area contributed by atoms with Gasteiger partial charge in [0.15, 0.2) is 6.10 Å². The van der Waals surface area contributed by atoms with Crippen LogP contribution in [0.4, 0.5) is 0 Å². The van der Waals surface area contributed by atoms with Crippen molar-refractivity contribution in [2.75, 3.05) is 19.7 Å². The Bertz CT molecular complexity index is 788. The molecule has 1 N–H and O–H groups in total. The lowest BCUT2D eigenvalue weighted by Crippen LogP contribution is -2.48. The summed E-state index contributed by atoms with van der Waals surface area (Å²) >= 11 is 0. The Morgan fingerprint density at radius 3 is 2.83 bits per heavy atom. The molecule has 120 valence electrons. The molecule has 6 heteroatoms. The maximum Gasteiger partial charge on any atom is 0.334 e. The number of aliphatic carboxylic acids is 1. The number of hydrogen-bond donors (Lipinski definition) is 1. The van der Waals surface area contributed by atoms with E-state index >= 15 is 0 Å². The minimum Gasteiger partial charge on any atom is -0.479 e. The average molecular weight is 314 g/mol. The van der Waals surface area contributed by atoms with E-state index < -0.39 is 12.1 Å². The first-order valence-electron chi connectivity index (χ1n) is 7.47. The van der Waals surface area contributed by atoms with Crippen molar-refractivity contribution in [2.45, 2.75) is 20.0 Å². The summed E-state index contributed by atoms with van der Waals surface area (Å²) in [6, 6.07) is 7.73. The fraction of sp³-hybridized carbons (Fsp3) is 0.353. The van der Waals surface area contributed by atoms with Gasteiger partial charge in [0, 0.05) is 11.9 Å². The van der Waals surface area contributed by atoms with Crippen molar-refractivity contribution in [3.05, 3.63) is 41.1 Å². The van der Waals surface area contributed by atoms with Gasteiger partial charge in [0.2, 0.25) is 0 Å². The molecule has 0 aliphatic carbocycles. The topological polar surface area (TPSA) is 79.7 Å². The Balaban J connectivity index is 1.93. The highest BCUT2D eigenvalue weighted by atomic mass is 16.5. The van der Waals surface area contributed by atoms with E-state index in [1.165, 1.54) is 4.90 Å². The van der Waals surface area contributed by atoms with E-state index in [0.29, 0.717) is 17.8 Å². The molecule has 0 radical (unpaired) electrons. The van der Waals surface area contributed by atoms with Crippen LogP contribution < -0.4 is 0 Å². The van der Waals surface area contributed by atoms with Crippen molar-refractivity contribution in [1.82, 2.24) is 9.88 Å². The molecule has 1 aliphatic rings. The zero-order valence-corrected chi connectivity index (χ0v) is 13.1. The summed E-state index contributed by atoms with van der Waals surface area (Å²) < 4.78 is 5.16.